The Bertz CT molecular complexity index is 599. The summed E-state index contributed by atoms with van der Waals surface area (Å²) in [5.74, 6) is -0.109. The lowest BCUT2D eigenvalue weighted by Gasteiger charge is -2.09. The Kier molecular flexibility index (Phi) is 4.71. The number of hydrogen-bond acceptors (Lipinski definition) is 1. The van der Waals surface area contributed by atoms with Gasteiger partial charge in [0.15, 0.2) is 5.78 Å². The van der Waals surface area contributed by atoms with Gasteiger partial charge in [-0.25, -0.2) is 4.39 Å². The Labute approximate surface area is 127 Å². The van der Waals surface area contributed by atoms with Gasteiger partial charge in [0.05, 0.1) is 0 Å². The first-order valence-electron chi connectivity index (χ1n) is 6.62. The Hall–Kier alpha value is -1.48. The molecule has 2 aromatic carbocycles. The summed E-state index contributed by atoms with van der Waals surface area (Å²) in [6.45, 7) is 4.29. The first-order valence-corrected chi connectivity index (χ1v) is 7.41. The normalized spacial score (nSPS) is 12.2. The number of benzene rings is 2. The number of ketones is 1. The highest BCUT2D eigenvalue weighted by molar-refractivity contribution is 9.10. The van der Waals surface area contributed by atoms with E-state index in [1.54, 1.807) is 6.07 Å². The number of carbonyl (C=O) groups excluding carboxylic acids is 1. The highest BCUT2D eigenvalue weighted by Crippen LogP contribution is 2.21. The summed E-state index contributed by atoms with van der Waals surface area (Å²) in [6.07, 6.45) is 1.06. The van der Waals surface area contributed by atoms with E-state index in [1.807, 2.05) is 24.3 Å². The van der Waals surface area contributed by atoms with Crippen LogP contribution in [-0.4, -0.2) is 5.78 Å². The summed E-state index contributed by atoms with van der Waals surface area (Å²) in [5.41, 5.74) is 2.15. The smallest absolute Gasteiger partial charge is 0.193 e. The van der Waals surface area contributed by atoms with Crippen LogP contribution in [-0.2, 0) is 0 Å². The van der Waals surface area contributed by atoms with Crippen molar-refractivity contribution in [2.24, 2.45) is 0 Å². The summed E-state index contributed by atoms with van der Waals surface area (Å²) in [6, 6.07) is 11.8. The van der Waals surface area contributed by atoms with Crippen molar-refractivity contribution in [2.75, 3.05) is 0 Å². The molecule has 0 fully saturated rings. The van der Waals surface area contributed by atoms with Gasteiger partial charge in [0.1, 0.15) is 5.82 Å². The Morgan fingerprint density at radius 2 is 1.80 bits per heavy atom. The van der Waals surface area contributed by atoms with Crippen LogP contribution in [0.5, 0.6) is 0 Å². The molecule has 0 aliphatic rings. The van der Waals surface area contributed by atoms with Crippen LogP contribution in [0.1, 0.15) is 47.7 Å². The molecule has 2 rings (SSSR count). The van der Waals surface area contributed by atoms with Gasteiger partial charge < -0.3 is 0 Å². The maximum Gasteiger partial charge on any atom is 0.193 e. The van der Waals surface area contributed by atoms with Crippen molar-refractivity contribution in [2.45, 2.75) is 26.2 Å². The van der Waals surface area contributed by atoms with Gasteiger partial charge in [-0.3, -0.25) is 4.79 Å². The molecule has 0 amide bonds. The van der Waals surface area contributed by atoms with Gasteiger partial charge >= 0.3 is 0 Å². The number of carbonyl (C=O) groups is 1. The lowest BCUT2D eigenvalue weighted by Crippen LogP contribution is -2.02. The zero-order chi connectivity index (χ0) is 14.7. The van der Waals surface area contributed by atoms with Crippen molar-refractivity contribution in [1.82, 2.24) is 0 Å². The van der Waals surface area contributed by atoms with Gasteiger partial charge in [-0.15, -0.1) is 0 Å². The van der Waals surface area contributed by atoms with E-state index in [9.17, 15) is 9.18 Å². The molecule has 0 spiro atoms. The molecule has 0 saturated carbocycles. The third kappa shape index (κ3) is 3.34. The summed E-state index contributed by atoms with van der Waals surface area (Å²) in [4.78, 5) is 12.3. The number of rotatable bonds is 4. The molecule has 1 atom stereocenters. The number of halogens is 2. The van der Waals surface area contributed by atoms with Crippen molar-refractivity contribution in [3.8, 4) is 0 Å². The third-order valence-electron chi connectivity index (χ3n) is 3.48. The van der Waals surface area contributed by atoms with Crippen molar-refractivity contribution in [1.29, 1.82) is 0 Å². The quantitative estimate of drug-likeness (QED) is 0.690. The molecule has 0 N–H and O–H groups in total. The molecule has 0 saturated heterocycles. The predicted molar refractivity (Wildman–Crippen MR) is 82.7 cm³/mol. The fraction of sp³-hybridized carbons (Fsp3) is 0.235. The van der Waals surface area contributed by atoms with Crippen LogP contribution < -0.4 is 0 Å². The minimum absolute atomic E-state index is 0.166. The maximum absolute atomic E-state index is 13.3. The standard InChI is InChI=1S/C17H16BrFO/c1-3-11(2)12-4-6-13(7-5-12)17(20)14-8-15(18)10-16(19)9-14/h4-11H,3H2,1-2H3. The summed E-state index contributed by atoms with van der Waals surface area (Å²) < 4.78 is 13.9. The molecular formula is C17H16BrFO. The van der Waals surface area contributed by atoms with Gasteiger partial charge in [0.2, 0.25) is 0 Å². The van der Waals surface area contributed by atoms with Crippen molar-refractivity contribution >= 4 is 21.7 Å². The van der Waals surface area contributed by atoms with Crippen LogP contribution in [0.15, 0.2) is 46.9 Å². The minimum atomic E-state index is -0.418. The molecule has 3 heteroatoms. The van der Waals surface area contributed by atoms with E-state index >= 15 is 0 Å². The summed E-state index contributed by atoms with van der Waals surface area (Å²) in [7, 11) is 0. The van der Waals surface area contributed by atoms with E-state index in [-0.39, 0.29) is 5.78 Å². The largest absolute Gasteiger partial charge is 0.289 e. The second-order valence-electron chi connectivity index (χ2n) is 4.92. The Morgan fingerprint density at radius 1 is 1.15 bits per heavy atom. The van der Waals surface area contributed by atoms with E-state index in [2.05, 4.69) is 29.8 Å². The molecule has 20 heavy (non-hydrogen) atoms. The molecule has 0 radical (unpaired) electrons. The monoisotopic (exact) mass is 334 g/mol. The molecule has 0 aromatic heterocycles. The third-order valence-corrected chi connectivity index (χ3v) is 3.94. The van der Waals surface area contributed by atoms with Gasteiger partial charge in [0.25, 0.3) is 0 Å². The topological polar surface area (TPSA) is 17.1 Å². The second-order valence-corrected chi connectivity index (χ2v) is 5.83. The van der Waals surface area contributed by atoms with Gasteiger partial charge in [-0.2, -0.15) is 0 Å². The fourth-order valence-electron chi connectivity index (χ4n) is 2.05. The van der Waals surface area contributed by atoms with Crippen LogP contribution in [0.4, 0.5) is 4.39 Å². The zero-order valence-corrected chi connectivity index (χ0v) is 13.1. The lowest BCUT2D eigenvalue weighted by molar-refractivity contribution is 0.103. The number of hydrogen-bond donors (Lipinski definition) is 0. The van der Waals surface area contributed by atoms with E-state index in [1.165, 1.54) is 17.7 Å². The average molecular weight is 335 g/mol. The van der Waals surface area contributed by atoms with Crippen molar-refractivity contribution in [3.05, 3.63) is 69.4 Å². The second kappa shape index (κ2) is 6.31. The molecule has 104 valence electrons. The Morgan fingerprint density at radius 3 is 2.35 bits per heavy atom. The highest BCUT2D eigenvalue weighted by Gasteiger charge is 2.12. The molecule has 2 aromatic rings. The minimum Gasteiger partial charge on any atom is -0.289 e. The average Bonchev–Trinajstić information content (AvgIpc) is 2.45. The van der Waals surface area contributed by atoms with Crippen LogP contribution in [0, 0.1) is 5.82 Å². The maximum atomic E-state index is 13.3. The predicted octanol–water partition coefficient (Wildman–Crippen LogP) is 5.33. The molecule has 1 unspecified atom stereocenters. The van der Waals surface area contributed by atoms with Gasteiger partial charge in [0, 0.05) is 15.6 Å². The van der Waals surface area contributed by atoms with Gasteiger partial charge in [-0.1, -0.05) is 54.0 Å². The zero-order valence-electron chi connectivity index (χ0n) is 11.5. The first-order chi connectivity index (χ1) is 9.51. The van der Waals surface area contributed by atoms with Gasteiger partial charge in [-0.05, 0) is 36.1 Å². The summed E-state index contributed by atoms with van der Waals surface area (Å²) in [5, 5.41) is 0. The first kappa shape index (κ1) is 14.9. The summed E-state index contributed by atoms with van der Waals surface area (Å²) >= 11 is 3.20. The SMILES string of the molecule is CCC(C)c1ccc(C(=O)c2cc(F)cc(Br)c2)cc1. The molecule has 0 bridgehead atoms. The van der Waals surface area contributed by atoms with Crippen LogP contribution in [0.3, 0.4) is 0 Å². The molecule has 0 aliphatic heterocycles. The van der Waals surface area contributed by atoms with E-state index < -0.39 is 5.82 Å². The molecule has 0 heterocycles. The molecule has 1 nitrogen and oxygen atoms in total. The fourth-order valence-corrected chi connectivity index (χ4v) is 2.52. The van der Waals surface area contributed by atoms with E-state index in [0.29, 0.717) is 21.5 Å². The Balaban J connectivity index is 2.29. The van der Waals surface area contributed by atoms with E-state index in [0.717, 1.165) is 6.42 Å². The van der Waals surface area contributed by atoms with Crippen molar-refractivity contribution < 1.29 is 9.18 Å². The van der Waals surface area contributed by atoms with Crippen LogP contribution in [0.2, 0.25) is 0 Å². The lowest BCUT2D eigenvalue weighted by atomic mass is 9.95. The highest BCUT2D eigenvalue weighted by atomic mass is 79.9. The molecular weight excluding hydrogens is 319 g/mol. The van der Waals surface area contributed by atoms with Crippen LogP contribution in [0.25, 0.3) is 0 Å². The van der Waals surface area contributed by atoms with E-state index in [4.69, 9.17) is 0 Å². The van der Waals surface area contributed by atoms with Crippen LogP contribution >= 0.6 is 15.9 Å². The molecule has 0 aliphatic carbocycles. The van der Waals surface area contributed by atoms with Crippen molar-refractivity contribution in [3.63, 3.8) is 0 Å².